The number of halogens is 1. The molecule has 0 bridgehead atoms. The molecule has 3 N–H and O–H groups in total. The lowest BCUT2D eigenvalue weighted by atomic mass is 9.66. The van der Waals surface area contributed by atoms with Gasteiger partial charge in [-0.2, -0.15) is 0 Å². The number of nitrogens with zero attached hydrogens (tertiary/aromatic N) is 2. The summed E-state index contributed by atoms with van der Waals surface area (Å²) in [6, 6.07) is 13.8. The van der Waals surface area contributed by atoms with E-state index in [2.05, 4.69) is 35.9 Å². The van der Waals surface area contributed by atoms with Crippen LogP contribution in [0.3, 0.4) is 0 Å². The van der Waals surface area contributed by atoms with E-state index >= 15 is 0 Å². The lowest BCUT2D eigenvalue weighted by molar-refractivity contribution is -0.130. The summed E-state index contributed by atoms with van der Waals surface area (Å²) in [6.07, 6.45) is 5.57. The molecule has 1 amide bonds. The summed E-state index contributed by atoms with van der Waals surface area (Å²) in [6.45, 7) is 5.66. The van der Waals surface area contributed by atoms with Crippen LogP contribution in [0.25, 0.3) is 17.1 Å². The van der Waals surface area contributed by atoms with Crippen molar-refractivity contribution in [2.24, 2.45) is 11.7 Å². The lowest BCUT2D eigenvalue weighted by Gasteiger charge is -2.50. The van der Waals surface area contributed by atoms with Crippen molar-refractivity contribution in [2.45, 2.75) is 44.2 Å². The zero-order valence-corrected chi connectivity index (χ0v) is 19.7. The van der Waals surface area contributed by atoms with Crippen LogP contribution in [0.5, 0.6) is 0 Å². The Morgan fingerprint density at radius 3 is 2.61 bits per heavy atom. The number of nitrogens with one attached hydrogen (secondary N) is 1. The first-order valence-electron chi connectivity index (χ1n) is 11.6. The molecule has 1 saturated heterocycles. The van der Waals surface area contributed by atoms with Gasteiger partial charge in [0.25, 0.3) is 0 Å². The summed E-state index contributed by atoms with van der Waals surface area (Å²) >= 11 is 6.10. The second-order valence-electron chi connectivity index (χ2n) is 9.55. The fraction of sp³-hybridized carbons (Fsp3) is 0.385. The number of rotatable bonds is 4. The highest BCUT2D eigenvalue weighted by atomic mass is 35.5. The Bertz CT molecular complexity index is 1300. The number of carbonyl (C=O) groups excluding carboxylic acids is 1. The van der Waals surface area contributed by atoms with E-state index in [-0.39, 0.29) is 29.5 Å². The molecule has 2 aromatic carbocycles. The Hall–Kier alpha value is -2.83. The van der Waals surface area contributed by atoms with Gasteiger partial charge < -0.3 is 10.7 Å². The first-order valence-corrected chi connectivity index (χ1v) is 11.9. The maximum atomic E-state index is 13.1. The van der Waals surface area contributed by atoms with E-state index in [0.29, 0.717) is 18.1 Å². The Kier molecular flexibility index (Phi) is 5.46. The number of aromatic amines is 1. The summed E-state index contributed by atoms with van der Waals surface area (Å²) in [5.41, 5.74) is 9.07. The molecule has 1 unspecified atom stereocenters. The number of fused-ring (bicyclic) bond motifs is 2. The molecule has 33 heavy (non-hydrogen) atoms. The number of H-pyrrole nitrogens is 1. The summed E-state index contributed by atoms with van der Waals surface area (Å²) in [5, 5.41) is 0.596. The molecule has 2 heterocycles. The van der Waals surface area contributed by atoms with Gasteiger partial charge in [-0.05, 0) is 48.1 Å². The smallest absolute Gasteiger partial charge is 0.326 e. The number of primary amides is 1. The van der Waals surface area contributed by atoms with Gasteiger partial charge in [-0.1, -0.05) is 61.9 Å². The molecule has 1 fully saturated rings. The van der Waals surface area contributed by atoms with Crippen LogP contribution in [-0.2, 0) is 4.79 Å². The molecule has 2 aliphatic rings. The van der Waals surface area contributed by atoms with Crippen LogP contribution in [0.1, 0.15) is 49.8 Å². The molecule has 2 atom stereocenters. The van der Waals surface area contributed by atoms with Crippen molar-refractivity contribution in [2.75, 3.05) is 13.1 Å². The summed E-state index contributed by atoms with van der Waals surface area (Å²) in [7, 11) is 0. The number of aromatic nitrogens is 2. The zero-order chi connectivity index (χ0) is 23.3. The number of amides is 1. The van der Waals surface area contributed by atoms with Crippen LogP contribution in [0.15, 0.2) is 53.3 Å². The molecule has 0 radical (unpaired) electrons. The van der Waals surface area contributed by atoms with Gasteiger partial charge in [0, 0.05) is 30.1 Å². The van der Waals surface area contributed by atoms with E-state index in [1.165, 1.54) is 5.56 Å². The van der Waals surface area contributed by atoms with Gasteiger partial charge >= 0.3 is 5.69 Å². The van der Waals surface area contributed by atoms with Crippen molar-refractivity contribution < 1.29 is 4.79 Å². The average molecular weight is 465 g/mol. The van der Waals surface area contributed by atoms with E-state index in [4.69, 9.17) is 17.3 Å². The van der Waals surface area contributed by atoms with Crippen LogP contribution in [-0.4, -0.2) is 39.0 Å². The molecule has 1 aliphatic carbocycles. The number of imidazole rings is 1. The van der Waals surface area contributed by atoms with E-state index < -0.39 is 5.54 Å². The number of nitrogens with two attached hydrogens (primary N) is 1. The SMILES string of the molecule is CC(C)[C@H]1c2ccccc2C=CC1(C(N)=O)N1CCC(n2c(=O)[nH]c3cc(Cl)ccc32)CC1. The molecule has 5 rings (SSSR count). The Morgan fingerprint density at radius 1 is 1.18 bits per heavy atom. The predicted molar refractivity (Wildman–Crippen MR) is 132 cm³/mol. The van der Waals surface area contributed by atoms with Crippen molar-refractivity contribution >= 4 is 34.6 Å². The van der Waals surface area contributed by atoms with Gasteiger partial charge in [0.2, 0.25) is 5.91 Å². The fourth-order valence-electron chi connectivity index (χ4n) is 6.02. The third-order valence-electron chi connectivity index (χ3n) is 7.42. The summed E-state index contributed by atoms with van der Waals surface area (Å²) in [5.74, 6) is -0.127. The van der Waals surface area contributed by atoms with E-state index in [0.717, 1.165) is 29.4 Å². The highest BCUT2D eigenvalue weighted by Crippen LogP contribution is 2.46. The average Bonchev–Trinajstić information content (AvgIpc) is 3.12. The normalized spacial score (nSPS) is 23.8. The second-order valence-corrected chi connectivity index (χ2v) is 9.99. The van der Waals surface area contributed by atoms with Gasteiger partial charge in [0.15, 0.2) is 0 Å². The molecule has 0 saturated carbocycles. The molecule has 1 aromatic heterocycles. The molecule has 0 spiro atoms. The van der Waals surface area contributed by atoms with Gasteiger partial charge in [-0.3, -0.25) is 14.3 Å². The second kappa shape index (κ2) is 8.19. The maximum Gasteiger partial charge on any atom is 0.326 e. The monoisotopic (exact) mass is 464 g/mol. The number of hydrogen-bond donors (Lipinski definition) is 2. The maximum absolute atomic E-state index is 13.1. The highest BCUT2D eigenvalue weighted by Gasteiger charge is 2.51. The minimum Gasteiger partial charge on any atom is -0.368 e. The van der Waals surface area contributed by atoms with Gasteiger partial charge in [0.05, 0.1) is 11.0 Å². The Balaban J connectivity index is 1.48. The van der Waals surface area contributed by atoms with Crippen molar-refractivity contribution in [3.8, 4) is 0 Å². The number of likely N-dealkylation sites (tertiary alicyclic amines) is 1. The van der Waals surface area contributed by atoms with Crippen molar-refractivity contribution in [1.82, 2.24) is 14.5 Å². The van der Waals surface area contributed by atoms with Crippen LogP contribution < -0.4 is 11.4 Å². The first-order chi connectivity index (χ1) is 15.8. The number of benzene rings is 2. The van der Waals surface area contributed by atoms with E-state index in [1.807, 2.05) is 41.0 Å². The largest absolute Gasteiger partial charge is 0.368 e. The zero-order valence-electron chi connectivity index (χ0n) is 18.9. The van der Waals surface area contributed by atoms with Crippen molar-refractivity contribution in [3.05, 3.63) is 75.2 Å². The van der Waals surface area contributed by atoms with Crippen molar-refractivity contribution in [3.63, 3.8) is 0 Å². The van der Waals surface area contributed by atoms with Crippen LogP contribution in [0.2, 0.25) is 5.02 Å². The summed E-state index contributed by atoms with van der Waals surface area (Å²) < 4.78 is 1.84. The third kappa shape index (κ3) is 3.44. The Labute approximate surface area is 198 Å². The molecular weight excluding hydrogens is 436 g/mol. The van der Waals surface area contributed by atoms with Crippen LogP contribution >= 0.6 is 11.6 Å². The molecule has 3 aromatic rings. The molecular formula is C26H29ClN4O2. The van der Waals surface area contributed by atoms with Crippen LogP contribution in [0, 0.1) is 5.92 Å². The topological polar surface area (TPSA) is 84.1 Å². The molecule has 172 valence electrons. The fourth-order valence-corrected chi connectivity index (χ4v) is 6.20. The number of piperidine rings is 1. The van der Waals surface area contributed by atoms with Crippen molar-refractivity contribution in [1.29, 1.82) is 0 Å². The standard InChI is InChI=1S/C26H29ClN4O2/c1-16(2)23-20-6-4-3-5-17(20)9-12-26(23,24(28)32)30-13-10-19(11-14-30)31-22-8-7-18(27)15-21(22)29-25(31)33/h3-9,12,15-16,19,23H,10-11,13-14H2,1-2H3,(H2,28,32)(H,29,33)/t23-,26?/m0/s1. The van der Waals surface area contributed by atoms with Gasteiger partial charge in [-0.25, -0.2) is 4.79 Å². The van der Waals surface area contributed by atoms with Crippen LogP contribution in [0.4, 0.5) is 0 Å². The first kappa shape index (κ1) is 22.0. The quantitative estimate of drug-likeness (QED) is 0.603. The Morgan fingerprint density at radius 2 is 1.91 bits per heavy atom. The number of hydrogen-bond acceptors (Lipinski definition) is 3. The lowest BCUT2D eigenvalue weighted by Crippen LogP contribution is -2.63. The van der Waals surface area contributed by atoms with Gasteiger partial charge in [0.1, 0.15) is 5.54 Å². The van der Waals surface area contributed by atoms with E-state index in [9.17, 15) is 9.59 Å². The summed E-state index contributed by atoms with van der Waals surface area (Å²) in [4.78, 5) is 31.0. The molecule has 7 heteroatoms. The third-order valence-corrected chi connectivity index (χ3v) is 7.65. The number of carbonyl (C=O) groups is 1. The minimum atomic E-state index is -0.883. The van der Waals surface area contributed by atoms with Gasteiger partial charge in [-0.15, -0.1) is 0 Å². The highest BCUT2D eigenvalue weighted by molar-refractivity contribution is 6.31. The van der Waals surface area contributed by atoms with E-state index in [1.54, 1.807) is 6.07 Å². The minimum absolute atomic E-state index is 0.0364. The predicted octanol–water partition coefficient (Wildman–Crippen LogP) is 4.31. The molecule has 1 aliphatic heterocycles. The molecule has 6 nitrogen and oxygen atoms in total.